The molecule has 13 nitrogen and oxygen atoms in total. The minimum Gasteiger partial charge on any atom is -0.370 e. The fraction of sp³-hybridized carbons (Fsp3) is 0.438. The van der Waals surface area contributed by atoms with E-state index in [-0.39, 0.29) is 31.8 Å². The number of primary amides is 1. The lowest BCUT2D eigenvalue weighted by Crippen LogP contribution is -2.58. The van der Waals surface area contributed by atoms with Crippen molar-refractivity contribution in [2.45, 2.75) is 83.0 Å². The number of guanidine groups is 1. The molecule has 4 atom stereocenters. The molecule has 0 saturated heterocycles. The van der Waals surface area contributed by atoms with Gasteiger partial charge in [-0.3, -0.25) is 29.0 Å². The summed E-state index contributed by atoms with van der Waals surface area (Å²) in [7, 11) is 0. The quantitative estimate of drug-likeness (QED) is 0.0652. The molecule has 10 N–H and O–H groups in total. The van der Waals surface area contributed by atoms with Gasteiger partial charge in [-0.15, -0.1) is 0 Å². The number of nitrogens with zero attached hydrogens (tertiary/aromatic N) is 1. The summed E-state index contributed by atoms with van der Waals surface area (Å²) in [6.45, 7) is 3.47. The molecule has 0 aliphatic heterocycles. The number of carbonyl (C=O) groups excluding carboxylic acids is 5. The molecule has 0 aliphatic carbocycles. The van der Waals surface area contributed by atoms with Gasteiger partial charge < -0.3 is 38.5 Å². The normalized spacial score (nSPS) is 13.3. The van der Waals surface area contributed by atoms with Gasteiger partial charge in [-0.2, -0.15) is 0 Å². The van der Waals surface area contributed by atoms with Crippen molar-refractivity contribution >= 4 is 35.5 Å². The van der Waals surface area contributed by atoms with Crippen LogP contribution in [0.2, 0.25) is 0 Å². The molecule has 2 rings (SSSR count). The molecule has 0 radical (unpaired) electrons. The van der Waals surface area contributed by atoms with Crippen LogP contribution < -0.4 is 38.5 Å². The number of aliphatic imine (C=N–C) groups is 1. The molecule has 5 amide bonds. The highest BCUT2D eigenvalue weighted by molar-refractivity contribution is 5.95. The van der Waals surface area contributed by atoms with Gasteiger partial charge in [-0.05, 0) is 30.4 Å². The summed E-state index contributed by atoms with van der Waals surface area (Å²) >= 11 is 0. The Morgan fingerprint density at radius 1 is 0.644 bits per heavy atom. The lowest BCUT2D eigenvalue weighted by Gasteiger charge is -2.26. The number of carbonyl (C=O) groups is 5. The van der Waals surface area contributed by atoms with E-state index in [0.717, 1.165) is 17.5 Å². The van der Waals surface area contributed by atoms with Gasteiger partial charge in [0.1, 0.15) is 24.2 Å². The van der Waals surface area contributed by atoms with Gasteiger partial charge in [0, 0.05) is 26.3 Å². The van der Waals surface area contributed by atoms with E-state index in [1.54, 1.807) is 0 Å². The zero-order valence-electron chi connectivity index (χ0n) is 26.0. The first-order valence-electron chi connectivity index (χ1n) is 15.1. The van der Waals surface area contributed by atoms with Crippen LogP contribution in [0.15, 0.2) is 65.7 Å². The summed E-state index contributed by atoms with van der Waals surface area (Å²) in [6, 6.07) is 14.2. The van der Waals surface area contributed by atoms with Crippen LogP contribution in [0.5, 0.6) is 0 Å². The molecule has 0 heterocycles. The maximum Gasteiger partial charge on any atom is 0.243 e. The van der Waals surface area contributed by atoms with Gasteiger partial charge in [0.25, 0.3) is 0 Å². The fourth-order valence-corrected chi connectivity index (χ4v) is 4.64. The molecule has 0 aliphatic rings. The first kappa shape index (κ1) is 36.3. The second-order valence-corrected chi connectivity index (χ2v) is 10.8. The number of hydrogen-bond donors (Lipinski definition) is 7. The summed E-state index contributed by atoms with van der Waals surface area (Å²) in [6.07, 6.45) is 2.53. The molecule has 0 unspecified atom stereocenters. The number of hydrogen-bond acceptors (Lipinski definition) is 6. The summed E-state index contributed by atoms with van der Waals surface area (Å²) in [4.78, 5) is 68.5. The number of amides is 5. The van der Waals surface area contributed by atoms with Crippen molar-refractivity contribution in [2.24, 2.45) is 22.2 Å². The topological polar surface area (TPSA) is 224 Å². The minimum absolute atomic E-state index is 0.108. The molecule has 0 saturated carbocycles. The lowest BCUT2D eigenvalue weighted by atomic mass is 10.0. The van der Waals surface area contributed by atoms with Gasteiger partial charge in [0.2, 0.25) is 29.5 Å². The molecule has 0 spiro atoms. The minimum atomic E-state index is -1.08. The Morgan fingerprint density at radius 3 is 1.53 bits per heavy atom. The van der Waals surface area contributed by atoms with E-state index in [1.807, 2.05) is 67.6 Å². The van der Waals surface area contributed by atoms with E-state index in [0.29, 0.717) is 19.3 Å². The molecule has 13 heteroatoms. The molecule has 2 aromatic carbocycles. The molecule has 0 aromatic heterocycles. The monoisotopic (exact) mass is 622 g/mol. The smallest absolute Gasteiger partial charge is 0.243 e. The third kappa shape index (κ3) is 13.9. The first-order chi connectivity index (χ1) is 21.5. The van der Waals surface area contributed by atoms with E-state index in [9.17, 15) is 24.0 Å². The predicted molar refractivity (Wildman–Crippen MR) is 172 cm³/mol. The summed E-state index contributed by atoms with van der Waals surface area (Å²) in [5, 5.41) is 10.8. The van der Waals surface area contributed by atoms with Crippen molar-refractivity contribution in [2.75, 3.05) is 6.54 Å². The number of nitrogens with two attached hydrogens (primary N) is 3. The number of rotatable bonds is 19. The molecule has 0 bridgehead atoms. The van der Waals surface area contributed by atoms with Crippen LogP contribution in [0, 0.1) is 0 Å². The Balaban J connectivity index is 2.23. The van der Waals surface area contributed by atoms with Gasteiger partial charge in [-0.1, -0.05) is 80.4 Å². The fourth-order valence-electron chi connectivity index (χ4n) is 4.64. The summed E-state index contributed by atoms with van der Waals surface area (Å²) in [5.41, 5.74) is 18.1. The van der Waals surface area contributed by atoms with Crippen molar-refractivity contribution in [1.82, 2.24) is 21.3 Å². The molecule has 244 valence electrons. The molecular formula is C32H46N8O5. The Hall–Kier alpha value is -4.94. The van der Waals surface area contributed by atoms with Crippen LogP contribution in [0.25, 0.3) is 0 Å². The van der Waals surface area contributed by atoms with Crippen LogP contribution >= 0.6 is 0 Å². The molecule has 2 aromatic rings. The first-order valence-corrected chi connectivity index (χ1v) is 15.1. The van der Waals surface area contributed by atoms with Crippen molar-refractivity contribution in [1.29, 1.82) is 0 Å². The molecule has 45 heavy (non-hydrogen) atoms. The highest BCUT2D eigenvalue weighted by Gasteiger charge is 2.30. The average Bonchev–Trinajstić information content (AvgIpc) is 3.00. The second-order valence-electron chi connectivity index (χ2n) is 10.8. The van der Waals surface area contributed by atoms with Gasteiger partial charge in [0.15, 0.2) is 5.96 Å². The van der Waals surface area contributed by atoms with Crippen LogP contribution in [-0.2, 0) is 36.8 Å². The average molecular weight is 623 g/mol. The number of nitrogens with one attached hydrogen (secondary N) is 4. The third-order valence-electron chi connectivity index (χ3n) is 6.98. The zero-order valence-corrected chi connectivity index (χ0v) is 26.0. The van der Waals surface area contributed by atoms with E-state index in [4.69, 9.17) is 17.2 Å². The van der Waals surface area contributed by atoms with Gasteiger partial charge in [-0.25, -0.2) is 0 Å². The van der Waals surface area contributed by atoms with E-state index < -0.39 is 53.7 Å². The van der Waals surface area contributed by atoms with E-state index in [1.165, 1.54) is 6.92 Å². The maximum absolute atomic E-state index is 13.6. The number of unbranched alkanes of at least 4 members (excludes halogenated alkanes) is 1. The Bertz CT molecular complexity index is 1280. The van der Waals surface area contributed by atoms with Crippen LogP contribution in [-0.4, -0.2) is 66.2 Å². The van der Waals surface area contributed by atoms with E-state index in [2.05, 4.69) is 26.3 Å². The second kappa shape index (κ2) is 19.4. The largest absolute Gasteiger partial charge is 0.370 e. The van der Waals surface area contributed by atoms with Gasteiger partial charge >= 0.3 is 0 Å². The van der Waals surface area contributed by atoms with Crippen LogP contribution in [0.1, 0.15) is 57.1 Å². The lowest BCUT2D eigenvalue weighted by molar-refractivity contribution is -0.134. The van der Waals surface area contributed by atoms with Crippen LogP contribution in [0.3, 0.4) is 0 Å². The van der Waals surface area contributed by atoms with Crippen molar-refractivity contribution in [3.05, 3.63) is 71.8 Å². The van der Waals surface area contributed by atoms with Crippen LogP contribution in [0.4, 0.5) is 0 Å². The zero-order chi connectivity index (χ0) is 33.2. The highest BCUT2D eigenvalue weighted by Crippen LogP contribution is 2.09. The maximum atomic E-state index is 13.6. The Kier molecular flexibility index (Phi) is 15.6. The highest BCUT2D eigenvalue weighted by atomic mass is 16.2. The third-order valence-corrected chi connectivity index (χ3v) is 6.98. The summed E-state index contributed by atoms with van der Waals surface area (Å²) < 4.78 is 0. The molecule has 0 fully saturated rings. The Morgan fingerprint density at radius 2 is 1.09 bits per heavy atom. The molecular weight excluding hydrogens is 576 g/mol. The standard InChI is InChI=1S/C32H46N8O5/c1-3-4-16-24(39-31(45)27(37-21(2)41)20-23-14-9-6-10-15-23)29(43)38-25(17-11-18-36-32(34)35)30(44)40-26(28(33)42)19-22-12-7-5-8-13-22/h5-10,12-15,24-27H,3-4,11,16-20H2,1-2H3,(H2,33,42)(H,37,41)(H,38,43)(H,39,45)(H,40,44)(H4,34,35,36)/t24-,25-,26-,27-/m0/s1. The van der Waals surface area contributed by atoms with E-state index >= 15 is 0 Å². The predicted octanol–water partition coefficient (Wildman–Crippen LogP) is 0.160. The van der Waals surface area contributed by atoms with Gasteiger partial charge in [0.05, 0.1) is 0 Å². The number of benzene rings is 2. The van der Waals surface area contributed by atoms with Crippen molar-refractivity contribution in [3.8, 4) is 0 Å². The summed E-state index contributed by atoms with van der Waals surface area (Å²) in [5.74, 6) is -2.96. The Labute approximate surface area is 264 Å². The van der Waals surface area contributed by atoms with Crippen molar-refractivity contribution in [3.63, 3.8) is 0 Å². The van der Waals surface area contributed by atoms with Crippen molar-refractivity contribution < 1.29 is 24.0 Å². The SMILES string of the molecule is CCCC[C@H](NC(=O)[C@H](Cc1ccccc1)NC(C)=O)C(=O)N[C@@H](CCCN=C(N)N)C(=O)N[C@@H](Cc1ccccc1)C(N)=O.